The number of fused-ring (bicyclic) bond motifs is 2. The Morgan fingerprint density at radius 1 is 0.808 bits per heavy atom. The Kier molecular flexibility index (Phi) is 6.01. The lowest BCUT2D eigenvalue weighted by molar-refractivity contribution is -0.941. The fourth-order valence-electron chi connectivity index (χ4n) is 3.54. The molecule has 0 radical (unpaired) electrons. The van der Waals surface area contributed by atoms with E-state index in [9.17, 15) is 20.1 Å². The van der Waals surface area contributed by atoms with Gasteiger partial charge in [-0.3, -0.25) is 4.79 Å². The third kappa shape index (κ3) is 3.79. The predicted molar refractivity (Wildman–Crippen MR) is 105 cm³/mol. The van der Waals surface area contributed by atoms with Crippen molar-refractivity contribution in [2.75, 3.05) is 39.5 Å². The Labute approximate surface area is 156 Å². The summed E-state index contributed by atoms with van der Waals surface area (Å²) < 4.78 is 2.31. The van der Waals surface area contributed by atoms with Crippen molar-refractivity contribution in [2.45, 2.75) is 6.54 Å². The van der Waals surface area contributed by atoms with E-state index in [2.05, 4.69) is 0 Å². The second-order valence-corrected chi connectivity index (χ2v) is 7.68. The van der Waals surface area contributed by atoms with Gasteiger partial charge in [0.05, 0.1) is 19.8 Å². The second kappa shape index (κ2) is 8.24. The van der Waals surface area contributed by atoms with Crippen LogP contribution in [0.1, 0.15) is 5.56 Å². The van der Waals surface area contributed by atoms with E-state index in [0.29, 0.717) is 36.0 Å². The van der Waals surface area contributed by atoms with Gasteiger partial charge in [0, 0.05) is 25.7 Å². The van der Waals surface area contributed by atoms with Gasteiger partial charge in [-0.2, -0.15) is 0 Å². The number of nitrogens with zero attached hydrogens (tertiary/aromatic N) is 1. The van der Waals surface area contributed by atoms with Crippen LogP contribution in [0.4, 0.5) is 0 Å². The summed E-state index contributed by atoms with van der Waals surface area (Å²) in [5.41, 5.74) is 0.994. The smallest absolute Gasteiger partial charge is 0.195 e. The summed E-state index contributed by atoms with van der Waals surface area (Å²) in [5, 5.41) is 29.7. The van der Waals surface area contributed by atoms with Gasteiger partial charge in [0.2, 0.25) is 0 Å². The van der Waals surface area contributed by atoms with Crippen LogP contribution in [0.5, 0.6) is 0 Å². The molecule has 0 amide bonds. The fourth-order valence-corrected chi connectivity index (χ4v) is 4.60. The molecular formula is C20H24NO4S+. The zero-order chi connectivity index (χ0) is 18.6. The highest BCUT2D eigenvalue weighted by atomic mass is 32.1. The van der Waals surface area contributed by atoms with Crippen molar-refractivity contribution in [1.29, 1.82) is 0 Å². The Morgan fingerprint density at radius 3 is 2.08 bits per heavy atom. The molecule has 3 rings (SSSR count). The summed E-state index contributed by atoms with van der Waals surface area (Å²) in [6, 6.07) is 13.5. The Morgan fingerprint density at radius 2 is 1.42 bits per heavy atom. The van der Waals surface area contributed by atoms with Gasteiger partial charge in [0.1, 0.15) is 26.2 Å². The van der Waals surface area contributed by atoms with Crippen molar-refractivity contribution in [3.8, 4) is 0 Å². The Hall–Kier alpha value is -1.83. The van der Waals surface area contributed by atoms with Crippen molar-refractivity contribution in [1.82, 2.24) is 0 Å². The first-order chi connectivity index (χ1) is 12.6. The van der Waals surface area contributed by atoms with Gasteiger partial charge in [0.25, 0.3) is 0 Å². The number of rotatable bonds is 8. The van der Waals surface area contributed by atoms with Crippen LogP contribution in [-0.2, 0) is 6.54 Å². The SMILES string of the molecule is O=c1c2ccccc2sc2ccc(C[N+](CCO)(CCO)CCO)cc12. The van der Waals surface area contributed by atoms with Crippen molar-refractivity contribution in [3.05, 3.63) is 58.3 Å². The van der Waals surface area contributed by atoms with Crippen LogP contribution in [0, 0.1) is 0 Å². The van der Waals surface area contributed by atoms with Crippen LogP contribution < -0.4 is 5.43 Å². The molecule has 0 unspecified atom stereocenters. The molecule has 2 aromatic carbocycles. The molecule has 1 aromatic heterocycles. The van der Waals surface area contributed by atoms with Crippen LogP contribution in [0.2, 0.25) is 0 Å². The lowest BCUT2D eigenvalue weighted by atomic mass is 10.1. The fraction of sp³-hybridized carbons (Fsp3) is 0.350. The summed E-state index contributed by atoms with van der Waals surface area (Å²) in [7, 11) is 0. The minimum absolute atomic E-state index is 0.0207. The molecule has 26 heavy (non-hydrogen) atoms. The minimum atomic E-state index is -0.0207. The lowest BCUT2D eigenvalue weighted by Crippen LogP contribution is -2.52. The number of hydrogen-bond acceptors (Lipinski definition) is 5. The van der Waals surface area contributed by atoms with Gasteiger partial charge < -0.3 is 19.8 Å². The van der Waals surface area contributed by atoms with Crippen LogP contribution in [0.3, 0.4) is 0 Å². The molecule has 0 aliphatic heterocycles. The standard InChI is InChI=1S/C20H24NO4S/c22-10-7-21(8-11-23,9-12-24)14-15-5-6-19-17(13-15)20(25)16-3-1-2-4-18(16)26-19/h1-6,13,22-24H,7-12,14H2/q+1. The van der Waals surface area contributed by atoms with Crippen molar-refractivity contribution in [3.63, 3.8) is 0 Å². The van der Waals surface area contributed by atoms with Crippen molar-refractivity contribution in [2.24, 2.45) is 0 Å². The number of benzene rings is 2. The van der Waals surface area contributed by atoms with E-state index in [1.54, 1.807) is 11.3 Å². The summed E-state index contributed by atoms with van der Waals surface area (Å²) in [6.45, 7) is 1.83. The van der Waals surface area contributed by atoms with Crippen LogP contribution in [0.25, 0.3) is 20.2 Å². The number of aliphatic hydroxyl groups is 3. The van der Waals surface area contributed by atoms with Gasteiger partial charge >= 0.3 is 0 Å². The molecule has 1 heterocycles. The molecule has 138 valence electrons. The Bertz CT molecular complexity index is 936. The highest BCUT2D eigenvalue weighted by Gasteiger charge is 2.26. The molecule has 5 nitrogen and oxygen atoms in total. The van der Waals surface area contributed by atoms with Gasteiger partial charge in [0.15, 0.2) is 5.43 Å². The van der Waals surface area contributed by atoms with E-state index in [1.807, 2.05) is 42.5 Å². The van der Waals surface area contributed by atoms with E-state index in [1.165, 1.54) is 0 Å². The van der Waals surface area contributed by atoms with Gasteiger partial charge in [-0.1, -0.05) is 18.2 Å². The second-order valence-electron chi connectivity index (χ2n) is 6.60. The van der Waals surface area contributed by atoms with Crippen LogP contribution in [-0.4, -0.2) is 59.3 Å². The van der Waals surface area contributed by atoms with Crippen molar-refractivity contribution < 1.29 is 19.8 Å². The van der Waals surface area contributed by atoms with E-state index < -0.39 is 0 Å². The number of quaternary nitrogens is 1. The number of hydrogen-bond donors (Lipinski definition) is 3. The predicted octanol–water partition coefficient (Wildman–Crippen LogP) is 1.71. The van der Waals surface area contributed by atoms with Gasteiger partial charge in [-0.15, -0.1) is 11.3 Å². The van der Waals surface area contributed by atoms with Crippen molar-refractivity contribution >= 4 is 31.5 Å². The maximum atomic E-state index is 12.9. The normalized spacial score (nSPS) is 12.1. The monoisotopic (exact) mass is 374 g/mol. The quantitative estimate of drug-likeness (QED) is 0.414. The molecule has 0 aliphatic rings. The summed E-state index contributed by atoms with van der Waals surface area (Å²) >= 11 is 1.60. The maximum absolute atomic E-state index is 12.9. The molecule has 6 heteroatoms. The first-order valence-corrected chi connectivity index (χ1v) is 9.56. The van der Waals surface area contributed by atoms with Crippen LogP contribution in [0.15, 0.2) is 47.3 Å². The maximum Gasteiger partial charge on any atom is 0.195 e. The average Bonchev–Trinajstić information content (AvgIpc) is 2.63. The third-order valence-electron chi connectivity index (χ3n) is 4.88. The average molecular weight is 374 g/mol. The zero-order valence-corrected chi connectivity index (χ0v) is 15.4. The van der Waals surface area contributed by atoms with E-state index in [-0.39, 0.29) is 25.2 Å². The molecule has 0 saturated heterocycles. The molecule has 3 aromatic rings. The van der Waals surface area contributed by atoms with Crippen LogP contribution >= 0.6 is 11.3 Å². The number of aliphatic hydroxyl groups excluding tert-OH is 3. The lowest BCUT2D eigenvalue weighted by Gasteiger charge is -2.37. The molecule has 0 atom stereocenters. The first-order valence-electron chi connectivity index (χ1n) is 8.74. The first kappa shape index (κ1) is 18.9. The molecule has 3 N–H and O–H groups in total. The summed E-state index contributed by atoms with van der Waals surface area (Å²) in [6.07, 6.45) is 0. The Balaban J connectivity index is 2.06. The van der Waals surface area contributed by atoms with E-state index >= 15 is 0 Å². The molecule has 0 spiro atoms. The zero-order valence-electron chi connectivity index (χ0n) is 14.6. The van der Waals surface area contributed by atoms with E-state index in [4.69, 9.17) is 0 Å². The topological polar surface area (TPSA) is 77.8 Å². The van der Waals surface area contributed by atoms with Gasteiger partial charge in [-0.25, -0.2) is 0 Å². The largest absolute Gasteiger partial charge is 0.391 e. The molecule has 0 aliphatic carbocycles. The molecular weight excluding hydrogens is 350 g/mol. The molecule has 0 saturated carbocycles. The van der Waals surface area contributed by atoms with E-state index in [0.717, 1.165) is 20.3 Å². The summed E-state index contributed by atoms with van der Waals surface area (Å²) in [5.74, 6) is 0. The highest BCUT2D eigenvalue weighted by Crippen LogP contribution is 2.26. The van der Waals surface area contributed by atoms with Gasteiger partial charge in [-0.05, 0) is 24.3 Å². The third-order valence-corrected chi connectivity index (χ3v) is 6.03. The molecule has 0 bridgehead atoms. The summed E-state index contributed by atoms with van der Waals surface area (Å²) in [4.78, 5) is 12.9. The molecule has 0 fully saturated rings. The highest BCUT2D eigenvalue weighted by molar-refractivity contribution is 7.24. The minimum Gasteiger partial charge on any atom is -0.391 e.